The van der Waals surface area contributed by atoms with E-state index in [-0.39, 0.29) is 24.2 Å². The topological polar surface area (TPSA) is 127 Å². The molecule has 2 atom stereocenters. The van der Waals surface area contributed by atoms with Crippen LogP contribution in [0, 0.1) is 17.5 Å². The normalized spacial score (nSPS) is 11.9. The van der Waals surface area contributed by atoms with Crippen molar-refractivity contribution in [3.8, 4) is 11.1 Å². The summed E-state index contributed by atoms with van der Waals surface area (Å²) in [6.45, 7) is 8.00. The molecule has 5 aromatic rings. The van der Waals surface area contributed by atoms with E-state index in [0.717, 1.165) is 6.07 Å². The number of nitrogen functional groups attached to an aromatic ring is 1. The van der Waals surface area contributed by atoms with Crippen LogP contribution in [0.3, 0.4) is 0 Å². The number of fused-ring (bicyclic) bond motifs is 1. The zero-order valence-electron chi connectivity index (χ0n) is 25.0. The van der Waals surface area contributed by atoms with Crippen molar-refractivity contribution in [2.45, 2.75) is 51.5 Å². The Labute approximate surface area is 257 Å². The third-order valence-corrected chi connectivity index (χ3v) is 7.15. The van der Waals surface area contributed by atoms with Gasteiger partial charge in [0.05, 0.1) is 23.1 Å². The zero-order chi connectivity index (χ0) is 32.4. The monoisotopic (exact) mass is 623 g/mol. The smallest absolute Gasteiger partial charge is 0.225 e. The summed E-state index contributed by atoms with van der Waals surface area (Å²) in [6, 6.07) is 16.4. The van der Waals surface area contributed by atoms with Gasteiger partial charge in [0, 0.05) is 28.7 Å². The molecule has 11 heteroatoms. The number of rotatable bonds is 8. The van der Waals surface area contributed by atoms with E-state index in [4.69, 9.17) is 10.9 Å². The van der Waals surface area contributed by atoms with E-state index in [1.54, 1.807) is 48.7 Å². The van der Waals surface area contributed by atoms with Crippen LogP contribution in [0.5, 0.6) is 0 Å². The van der Waals surface area contributed by atoms with Gasteiger partial charge < -0.3 is 16.0 Å². The molecule has 0 spiro atoms. The van der Waals surface area contributed by atoms with Crippen molar-refractivity contribution in [3.05, 3.63) is 113 Å². The highest BCUT2D eigenvalue weighted by Crippen LogP contribution is 2.31. The van der Waals surface area contributed by atoms with E-state index < -0.39 is 40.4 Å². The Morgan fingerprint density at radius 3 is 2.32 bits per heavy atom. The number of amides is 1. The fourth-order valence-electron chi connectivity index (χ4n) is 4.68. The van der Waals surface area contributed by atoms with Gasteiger partial charge in [0.1, 0.15) is 34.3 Å². The number of hydrogen-bond acceptors (Lipinski definition) is 4. The third kappa shape index (κ3) is 8.55. The highest BCUT2D eigenvalue weighted by atomic mass is 32.2. The molecule has 0 bridgehead atoms. The second kappa shape index (κ2) is 15.8. The number of H-pyrrole nitrogens is 1. The maximum absolute atomic E-state index is 14.1. The number of nitrogens with zero attached hydrogens (tertiary/aromatic N) is 1. The second-order valence-electron chi connectivity index (χ2n) is 9.28. The summed E-state index contributed by atoms with van der Waals surface area (Å²) in [4.78, 5) is 21.2. The summed E-state index contributed by atoms with van der Waals surface area (Å²) >= 11 is 0. The maximum atomic E-state index is 14.1. The van der Waals surface area contributed by atoms with Crippen LogP contribution in [0.15, 0.2) is 83.9 Å². The number of nitrogens with one attached hydrogen (secondary N) is 2. The molecular formula is C33H36F3N5O2S. The number of nitrogens with two attached hydrogens (primary N) is 2. The molecular weight excluding hydrogens is 587 g/mol. The molecule has 1 amide bonds. The van der Waals surface area contributed by atoms with E-state index in [2.05, 4.69) is 15.3 Å². The lowest BCUT2D eigenvalue weighted by atomic mass is 9.95. The van der Waals surface area contributed by atoms with Crippen LogP contribution >= 0.6 is 0 Å². The minimum Gasteiger partial charge on any atom is -0.384 e. The molecule has 7 nitrogen and oxygen atoms in total. The van der Waals surface area contributed by atoms with E-state index in [9.17, 15) is 22.2 Å². The van der Waals surface area contributed by atoms with Crippen molar-refractivity contribution in [3.63, 3.8) is 0 Å². The first-order chi connectivity index (χ1) is 21.2. The number of hydrogen-bond donors (Lipinski definition) is 4. The first kappa shape index (κ1) is 34.0. The highest BCUT2D eigenvalue weighted by Gasteiger charge is 2.23. The summed E-state index contributed by atoms with van der Waals surface area (Å²) in [5.74, 6) is -2.23. The quantitative estimate of drug-likeness (QED) is 0.150. The molecule has 0 aliphatic rings. The number of halogens is 3. The summed E-state index contributed by atoms with van der Waals surface area (Å²) in [7, 11) is -1.74. The fraction of sp³-hybridized carbons (Fsp3) is 0.212. The number of benzene rings is 3. The van der Waals surface area contributed by atoms with Gasteiger partial charge in [-0.25, -0.2) is 27.5 Å². The van der Waals surface area contributed by atoms with E-state index >= 15 is 0 Å². The SMILES string of the molecule is CC.CC.Nc1ccc(-c2cccc(S(N)=O)c2)c(C(Cc2cc(F)cc(F)c2)NC(=O)Cc2c[nH]c3ccc(F)cc23)n1. The molecule has 2 aromatic heterocycles. The molecule has 0 saturated carbocycles. The largest absolute Gasteiger partial charge is 0.384 e. The van der Waals surface area contributed by atoms with E-state index in [1.165, 1.54) is 24.3 Å². The summed E-state index contributed by atoms with van der Waals surface area (Å²) in [5.41, 5.74) is 9.05. The van der Waals surface area contributed by atoms with E-state index in [1.807, 2.05) is 27.7 Å². The predicted octanol–water partition coefficient (Wildman–Crippen LogP) is 6.91. The van der Waals surface area contributed by atoms with Crippen LogP contribution in [0.4, 0.5) is 19.0 Å². The molecule has 0 fully saturated rings. The Hall–Kier alpha value is -4.48. The number of aromatic nitrogens is 2. The van der Waals surface area contributed by atoms with Gasteiger partial charge in [-0.1, -0.05) is 39.8 Å². The lowest BCUT2D eigenvalue weighted by Crippen LogP contribution is -2.32. The van der Waals surface area contributed by atoms with Crippen molar-refractivity contribution in [1.29, 1.82) is 0 Å². The third-order valence-electron chi connectivity index (χ3n) is 6.43. The second-order valence-corrected chi connectivity index (χ2v) is 10.3. The molecule has 3 aromatic carbocycles. The molecule has 0 radical (unpaired) electrons. The van der Waals surface area contributed by atoms with Gasteiger partial charge in [-0.2, -0.15) is 0 Å². The van der Waals surface area contributed by atoms with Gasteiger partial charge in [0.25, 0.3) is 0 Å². The van der Waals surface area contributed by atoms with E-state index in [0.29, 0.717) is 38.2 Å². The van der Waals surface area contributed by atoms with Gasteiger partial charge in [0.15, 0.2) is 0 Å². The van der Waals surface area contributed by atoms with Gasteiger partial charge in [-0.3, -0.25) is 4.79 Å². The van der Waals surface area contributed by atoms with Crippen LogP contribution in [0.25, 0.3) is 22.0 Å². The van der Waals surface area contributed by atoms with Crippen molar-refractivity contribution >= 4 is 33.6 Å². The molecule has 6 N–H and O–H groups in total. The van der Waals surface area contributed by atoms with Gasteiger partial charge in [-0.15, -0.1) is 0 Å². The van der Waals surface area contributed by atoms with Crippen molar-refractivity contribution in [2.75, 3.05) is 5.73 Å². The van der Waals surface area contributed by atoms with Crippen molar-refractivity contribution in [1.82, 2.24) is 15.3 Å². The average molecular weight is 624 g/mol. The van der Waals surface area contributed by atoms with Gasteiger partial charge in [-0.05, 0) is 77.7 Å². The lowest BCUT2D eigenvalue weighted by Gasteiger charge is -2.22. The van der Waals surface area contributed by atoms with Crippen LogP contribution in [0.1, 0.15) is 50.6 Å². The minimum absolute atomic E-state index is 0.0190. The van der Waals surface area contributed by atoms with Crippen LogP contribution in [-0.2, 0) is 28.6 Å². The van der Waals surface area contributed by atoms with Crippen molar-refractivity contribution in [2.24, 2.45) is 5.14 Å². The standard InChI is InChI=1S/C29H24F3N5O2S.2C2H6/c30-19-4-6-25-24(14-19)18(15-35-25)12-28(38)36-26(10-16-8-20(31)13-21(32)9-16)29-23(5-7-27(33)37-29)17-2-1-3-22(11-17)40(34)39;2*1-2/h1-9,11,13-15,26,35H,10,12,34H2,(H2,33,37)(H,36,38);2*1-2H3. The predicted molar refractivity (Wildman–Crippen MR) is 170 cm³/mol. The molecule has 2 heterocycles. The van der Waals surface area contributed by atoms with Crippen LogP contribution < -0.4 is 16.2 Å². The number of aromatic amines is 1. The summed E-state index contributed by atoms with van der Waals surface area (Å²) in [6.07, 6.45) is 1.51. The number of carbonyl (C=O) groups is 1. The number of pyridine rings is 1. The molecule has 5 rings (SSSR count). The molecule has 0 aliphatic carbocycles. The molecule has 232 valence electrons. The number of carbonyl (C=O) groups excluding carboxylic acids is 1. The fourth-order valence-corrected chi connectivity index (χ4v) is 5.14. The lowest BCUT2D eigenvalue weighted by molar-refractivity contribution is -0.121. The first-order valence-electron chi connectivity index (χ1n) is 14.2. The van der Waals surface area contributed by atoms with Gasteiger partial charge in [0.2, 0.25) is 5.91 Å². The molecule has 0 aliphatic heterocycles. The van der Waals surface area contributed by atoms with Crippen LogP contribution in [0.2, 0.25) is 0 Å². The average Bonchev–Trinajstić information content (AvgIpc) is 3.39. The summed E-state index contributed by atoms with van der Waals surface area (Å²) in [5, 5.41) is 9.06. The molecule has 0 saturated heterocycles. The number of anilines is 1. The minimum atomic E-state index is -1.74. The zero-order valence-corrected chi connectivity index (χ0v) is 25.8. The Bertz CT molecular complexity index is 1740. The Morgan fingerprint density at radius 1 is 0.932 bits per heavy atom. The highest BCUT2D eigenvalue weighted by molar-refractivity contribution is 7.82. The first-order valence-corrected chi connectivity index (χ1v) is 15.4. The Kier molecular flexibility index (Phi) is 12.2. The molecule has 2 unspecified atom stereocenters. The van der Waals surface area contributed by atoms with Crippen LogP contribution in [-0.4, -0.2) is 20.1 Å². The molecule has 44 heavy (non-hydrogen) atoms. The maximum Gasteiger partial charge on any atom is 0.225 e. The van der Waals surface area contributed by atoms with Crippen molar-refractivity contribution < 1.29 is 22.2 Å². The Balaban J connectivity index is 0.00000127. The van der Waals surface area contributed by atoms with Gasteiger partial charge >= 0.3 is 0 Å². The Morgan fingerprint density at radius 2 is 1.64 bits per heavy atom. The summed E-state index contributed by atoms with van der Waals surface area (Å²) < 4.78 is 53.9.